The van der Waals surface area contributed by atoms with E-state index >= 15 is 0 Å². The quantitative estimate of drug-likeness (QED) is 0.827. The third-order valence-corrected chi connectivity index (χ3v) is 3.31. The SMILES string of the molecule is CC(=O)c1c(C)n(C)c2c(C(=O)O)cc(C)cc12. The molecule has 0 unspecified atom stereocenters. The smallest absolute Gasteiger partial charge is 0.337 e. The third-order valence-electron chi connectivity index (χ3n) is 3.31. The summed E-state index contributed by atoms with van der Waals surface area (Å²) >= 11 is 0. The highest BCUT2D eigenvalue weighted by molar-refractivity contribution is 6.13. The topological polar surface area (TPSA) is 59.3 Å². The summed E-state index contributed by atoms with van der Waals surface area (Å²) in [6, 6.07) is 3.50. The highest BCUT2D eigenvalue weighted by Gasteiger charge is 2.20. The van der Waals surface area contributed by atoms with E-state index in [1.807, 2.05) is 19.9 Å². The number of fused-ring (bicyclic) bond motifs is 1. The minimum absolute atomic E-state index is 0.0416. The van der Waals surface area contributed by atoms with Crippen molar-refractivity contribution in [2.45, 2.75) is 20.8 Å². The average molecular weight is 245 g/mol. The first kappa shape index (κ1) is 12.4. The maximum absolute atomic E-state index is 11.7. The number of rotatable bonds is 2. The third kappa shape index (κ3) is 1.61. The molecule has 0 aliphatic carbocycles. The zero-order chi connectivity index (χ0) is 13.6. The molecule has 2 rings (SSSR count). The minimum Gasteiger partial charge on any atom is -0.478 e. The molecule has 94 valence electrons. The first-order valence-electron chi connectivity index (χ1n) is 5.68. The minimum atomic E-state index is -0.973. The molecule has 0 aliphatic rings. The van der Waals surface area contributed by atoms with Crippen molar-refractivity contribution in [2.75, 3.05) is 0 Å². The Kier molecular flexibility index (Phi) is 2.73. The second-order valence-electron chi connectivity index (χ2n) is 4.59. The zero-order valence-corrected chi connectivity index (χ0v) is 10.9. The number of carbonyl (C=O) groups is 2. The van der Waals surface area contributed by atoms with Gasteiger partial charge in [-0.25, -0.2) is 4.79 Å². The van der Waals surface area contributed by atoms with Gasteiger partial charge in [0.05, 0.1) is 11.1 Å². The molecule has 0 saturated carbocycles. The van der Waals surface area contributed by atoms with E-state index in [1.54, 1.807) is 17.7 Å². The molecule has 4 heteroatoms. The van der Waals surface area contributed by atoms with E-state index < -0.39 is 5.97 Å². The van der Waals surface area contributed by atoms with Gasteiger partial charge in [0.1, 0.15) is 0 Å². The number of Topliss-reactive ketones (excluding diaryl/α,β-unsaturated/α-hetero) is 1. The molecule has 0 saturated heterocycles. The number of carbonyl (C=O) groups excluding carboxylic acids is 1. The number of carboxylic acids is 1. The number of carboxylic acid groups (broad SMARTS) is 1. The van der Waals surface area contributed by atoms with E-state index in [0.717, 1.165) is 16.6 Å². The summed E-state index contributed by atoms with van der Waals surface area (Å²) < 4.78 is 1.77. The van der Waals surface area contributed by atoms with E-state index in [2.05, 4.69) is 0 Å². The number of hydrogen-bond donors (Lipinski definition) is 1. The van der Waals surface area contributed by atoms with Gasteiger partial charge in [-0.3, -0.25) is 4.79 Å². The maximum Gasteiger partial charge on any atom is 0.337 e. The molecule has 0 fully saturated rings. The number of ketones is 1. The van der Waals surface area contributed by atoms with Crippen LogP contribution >= 0.6 is 0 Å². The Balaban J connectivity index is 3.04. The highest BCUT2D eigenvalue weighted by Crippen LogP contribution is 2.29. The van der Waals surface area contributed by atoms with Gasteiger partial charge in [0.25, 0.3) is 0 Å². The van der Waals surface area contributed by atoms with E-state index in [4.69, 9.17) is 0 Å². The zero-order valence-electron chi connectivity index (χ0n) is 10.9. The lowest BCUT2D eigenvalue weighted by Gasteiger charge is -2.04. The number of benzene rings is 1. The fraction of sp³-hybridized carbons (Fsp3) is 0.286. The number of aryl methyl sites for hydroxylation is 2. The molecule has 1 N–H and O–H groups in total. The van der Waals surface area contributed by atoms with Gasteiger partial charge in [0, 0.05) is 23.7 Å². The van der Waals surface area contributed by atoms with Crippen molar-refractivity contribution < 1.29 is 14.7 Å². The standard InChI is InChI=1S/C14H15NO3/c1-7-5-10-12(9(3)16)8(2)15(4)13(10)11(6-7)14(17)18/h5-6H,1-4H3,(H,17,18). The molecule has 18 heavy (non-hydrogen) atoms. The van der Waals surface area contributed by atoms with Crippen LogP contribution in [0.15, 0.2) is 12.1 Å². The number of hydrogen-bond acceptors (Lipinski definition) is 2. The van der Waals surface area contributed by atoms with Crippen LogP contribution in [-0.4, -0.2) is 21.4 Å². The molecule has 1 aromatic heterocycles. The maximum atomic E-state index is 11.7. The lowest BCUT2D eigenvalue weighted by molar-refractivity contribution is 0.0698. The first-order chi connectivity index (χ1) is 8.34. The fourth-order valence-corrected chi connectivity index (χ4v) is 2.47. The summed E-state index contributed by atoms with van der Waals surface area (Å²) in [5, 5.41) is 9.99. The summed E-state index contributed by atoms with van der Waals surface area (Å²) in [5.41, 5.74) is 3.09. The molecule has 0 spiro atoms. The van der Waals surface area contributed by atoms with Gasteiger partial charge in [0.2, 0.25) is 0 Å². The molecular weight excluding hydrogens is 230 g/mol. The van der Waals surface area contributed by atoms with Gasteiger partial charge in [-0.1, -0.05) is 0 Å². The van der Waals surface area contributed by atoms with E-state index in [0.29, 0.717) is 11.1 Å². The van der Waals surface area contributed by atoms with Gasteiger partial charge in [0.15, 0.2) is 5.78 Å². The van der Waals surface area contributed by atoms with Crippen LogP contribution in [0.2, 0.25) is 0 Å². The van der Waals surface area contributed by atoms with Gasteiger partial charge in [-0.05, 0) is 38.5 Å². The Labute approximate surface area is 105 Å². The normalized spacial score (nSPS) is 10.9. The van der Waals surface area contributed by atoms with Crippen LogP contribution in [-0.2, 0) is 7.05 Å². The molecule has 0 aliphatic heterocycles. The van der Waals surface area contributed by atoms with Crippen LogP contribution in [0.4, 0.5) is 0 Å². The summed E-state index contributed by atoms with van der Waals surface area (Å²) in [4.78, 5) is 23.0. The molecule has 0 radical (unpaired) electrons. The summed E-state index contributed by atoms with van der Waals surface area (Å²) in [6.07, 6.45) is 0. The fourth-order valence-electron chi connectivity index (χ4n) is 2.47. The molecule has 2 aromatic rings. The van der Waals surface area contributed by atoms with Gasteiger partial charge in [-0.15, -0.1) is 0 Å². The van der Waals surface area contributed by atoms with Crippen LogP contribution < -0.4 is 0 Å². The van der Waals surface area contributed by atoms with Crippen LogP contribution in [0.3, 0.4) is 0 Å². The molecule has 0 amide bonds. The van der Waals surface area contributed by atoms with Crippen LogP contribution in [0.5, 0.6) is 0 Å². The van der Waals surface area contributed by atoms with Gasteiger partial charge >= 0.3 is 5.97 Å². The van der Waals surface area contributed by atoms with Crippen molar-refractivity contribution in [3.05, 3.63) is 34.5 Å². The second kappa shape index (κ2) is 3.98. The van der Waals surface area contributed by atoms with Gasteiger partial charge in [-0.2, -0.15) is 0 Å². The lowest BCUT2D eigenvalue weighted by atomic mass is 10.0. The number of aromatic nitrogens is 1. The Morgan fingerprint density at radius 3 is 2.33 bits per heavy atom. The lowest BCUT2D eigenvalue weighted by Crippen LogP contribution is -2.02. The predicted molar refractivity (Wildman–Crippen MR) is 69.4 cm³/mol. The van der Waals surface area contributed by atoms with Crippen LogP contribution in [0.1, 0.15) is 38.9 Å². The first-order valence-corrected chi connectivity index (χ1v) is 5.68. The largest absolute Gasteiger partial charge is 0.478 e. The van der Waals surface area contributed by atoms with Crippen molar-refractivity contribution in [3.8, 4) is 0 Å². The highest BCUT2D eigenvalue weighted by atomic mass is 16.4. The van der Waals surface area contributed by atoms with Crippen molar-refractivity contribution in [1.29, 1.82) is 0 Å². The van der Waals surface area contributed by atoms with E-state index in [9.17, 15) is 14.7 Å². The summed E-state index contributed by atoms with van der Waals surface area (Å²) in [5.74, 6) is -1.01. The predicted octanol–water partition coefficient (Wildman–Crippen LogP) is 2.70. The van der Waals surface area contributed by atoms with Crippen molar-refractivity contribution in [3.63, 3.8) is 0 Å². The Bertz CT molecular complexity index is 680. The van der Waals surface area contributed by atoms with Crippen LogP contribution in [0.25, 0.3) is 10.9 Å². The molecule has 1 aromatic carbocycles. The van der Waals surface area contributed by atoms with Crippen molar-refractivity contribution in [2.24, 2.45) is 7.05 Å². The monoisotopic (exact) mass is 245 g/mol. The summed E-state index contributed by atoms with van der Waals surface area (Å²) in [7, 11) is 1.78. The van der Waals surface area contributed by atoms with E-state index in [-0.39, 0.29) is 11.3 Å². The average Bonchev–Trinajstić information content (AvgIpc) is 2.50. The number of aromatic carboxylic acids is 1. The molecule has 4 nitrogen and oxygen atoms in total. The molecule has 0 atom stereocenters. The van der Waals surface area contributed by atoms with Crippen molar-refractivity contribution in [1.82, 2.24) is 4.57 Å². The second-order valence-corrected chi connectivity index (χ2v) is 4.59. The van der Waals surface area contributed by atoms with Crippen molar-refractivity contribution >= 4 is 22.7 Å². The molecular formula is C14H15NO3. The summed E-state index contributed by atoms with van der Waals surface area (Å²) in [6.45, 7) is 5.17. The Hall–Kier alpha value is -2.10. The Morgan fingerprint density at radius 1 is 1.22 bits per heavy atom. The molecule has 0 bridgehead atoms. The number of nitrogens with zero attached hydrogens (tertiary/aromatic N) is 1. The molecule has 1 heterocycles. The van der Waals surface area contributed by atoms with Gasteiger partial charge < -0.3 is 9.67 Å². The Morgan fingerprint density at radius 2 is 1.83 bits per heavy atom. The van der Waals surface area contributed by atoms with Crippen LogP contribution in [0, 0.1) is 13.8 Å². The van der Waals surface area contributed by atoms with E-state index in [1.165, 1.54) is 6.92 Å².